The summed E-state index contributed by atoms with van der Waals surface area (Å²) in [6, 6.07) is 2.67. The van der Waals surface area contributed by atoms with E-state index in [0.717, 1.165) is 0 Å². The van der Waals surface area contributed by atoms with Crippen LogP contribution in [-0.2, 0) is 15.1 Å². The molecule has 1 aliphatic rings. The minimum atomic E-state index is -0.779. The molecule has 1 fully saturated rings. The van der Waals surface area contributed by atoms with Crippen LogP contribution in [0.15, 0.2) is 16.5 Å². The van der Waals surface area contributed by atoms with Crippen LogP contribution >= 0.6 is 0 Å². The van der Waals surface area contributed by atoms with E-state index in [2.05, 4.69) is 10.2 Å². The van der Waals surface area contributed by atoms with E-state index in [1.54, 1.807) is 7.11 Å². The molecule has 3 rings (SSSR count). The van der Waals surface area contributed by atoms with Gasteiger partial charge in [-0.05, 0) is 6.07 Å². The minimum Gasteiger partial charge on any atom is -0.493 e. The first-order chi connectivity index (χ1) is 11.1. The SMILES string of the molecule is COc1cc(F)c(-c2nnc(C3(OC)CCOC3)o2)cc1OC. The summed E-state index contributed by atoms with van der Waals surface area (Å²) in [5, 5.41) is 7.92. The number of rotatable bonds is 5. The number of hydrogen-bond acceptors (Lipinski definition) is 7. The smallest absolute Gasteiger partial charge is 0.251 e. The van der Waals surface area contributed by atoms with E-state index in [1.807, 2.05) is 0 Å². The van der Waals surface area contributed by atoms with Crippen LogP contribution in [0, 0.1) is 5.82 Å². The zero-order valence-electron chi connectivity index (χ0n) is 13.1. The lowest BCUT2D eigenvalue weighted by molar-refractivity contribution is -0.0407. The summed E-state index contributed by atoms with van der Waals surface area (Å²) >= 11 is 0. The molecule has 7 nitrogen and oxygen atoms in total. The summed E-state index contributed by atoms with van der Waals surface area (Å²) in [5.74, 6) is 0.413. The quantitative estimate of drug-likeness (QED) is 0.834. The Bertz CT molecular complexity index is 697. The fourth-order valence-corrected chi connectivity index (χ4v) is 2.50. The molecule has 1 atom stereocenters. The largest absolute Gasteiger partial charge is 0.493 e. The third-order valence-electron chi connectivity index (χ3n) is 3.89. The molecule has 2 aromatic rings. The average Bonchev–Trinajstić information content (AvgIpc) is 3.24. The molecule has 0 bridgehead atoms. The highest BCUT2D eigenvalue weighted by Gasteiger charge is 2.42. The average molecular weight is 324 g/mol. The molecule has 1 unspecified atom stereocenters. The van der Waals surface area contributed by atoms with Crippen molar-refractivity contribution in [1.29, 1.82) is 0 Å². The van der Waals surface area contributed by atoms with Crippen LogP contribution in [0.5, 0.6) is 11.5 Å². The second-order valence-corrected chi connectivity index (χ2v) is 5.10. The monoisotopic (exact) mass is 324 g/mol. The number of benzene rings is 1. The lowest BCUT2D eigenvalue weighted by Crippen LogP contribution is -2.29. The molecule has 0 N–H and O–H groups in total. The van der Waals surface area contributed by atoms with Gasteiger partial charge in [0.2, 0.25) is 0 Å². The maximum Gasteiger partial charge on any atom is 0.251 e. The van der Waals surface area contributed by atoms with Gasteiger partial charge in [-0.25, -0.2) is 4.39 Å². The molecule has 0 spiro atoms. The summed E-state index contributed by atoms with van der Waals surface area (Å²) < 4.78 is 41.0. The number of methoxy groups -OCH3 is 3. The maximum atomic E-state index is 14.3. The van der Waals surface area contributed by atoms with Crippen LogP contribution in [0.2, 0.25) is 0 Å². The van der Waals surface area contributed by atoms with Crippen molar-refractivity contribution in [3.8, 4) is 23.0 Å². The highest BCUT2D eigenvalue weighted by molar-refractivity contribution is 5.60. The minimum absolute atomic E-state index is 0.0433. The molecule has 124 valence electrons. The van der Waals surface area contributed by atoms with Gasteiger partial charge in [-0.2, -0.15) is 0 Å². The molecular formula is C15H17FN2O5. The van der Waals surface area contributed by atoms with Gasteiger partial charge in [0.05, 0.1) is 33.0 Å². The van der Waals surface area contributed by atoms with Crippen LogP contribution in [0.3, 0.4) is 0 Å². The van der Waals surface area contributed by atoms with Gasteiger partial charge < -0.3 is 23.4 Å². The summed E-state index contributed by atoms with van der Waals surface area (Å²) in [6.45, 7) is 0.857. The first-order valence-electron chi connectivity index (χ1n) is 7.02. The van der Waals surface area contributed by atoms with Gasteiger partial charge in [-0.3, -0.25) is 0 Å². The lowest BCUT2D eigenvalue weighted by atomic mass is 10.0. The van der Waals surface area contributed by atoms with Gasteiger partial charge in [0.1, 0.15) is 5.82 Å². The van der Waals surface area contributed by atoms with Crippen molar-refractivity contribution in [2.24, 2.45) is 0 Å². The van der Waals surface area contributed by atoms with E-state index in [0.29, 0.717) is 25.4 Å². The Labute approximate surface area is 132 Å². The van der Waals surface area contributed by atoms with Crippen molar-refractivity contribution in [3.05, 3.63) is 23.8 Å². The molecule has 0 saturated carbocycles. The van der Waals surface area contributed by atoms with Gasteiger partial charge in [0.25, 0.3) is 11.8 Å². The third-order valence-corrected chi connectivity index (χ3v) is 3.89. The van der Waals surface area contributed by atoms with Crippen molar-refractivity contribution in [2.45, 2.75) is 12.0 Å². The number of nitrogens with zero attached hydrogens (tertiary/aromatic N) is 2. The predicted molar refractivity (Wildman–Crippen MR) is 76.9 cm³/mol. The zero-order valence-corrected chi connectivity index (χ0v) is 13.1. The Morgan fingerprint density at radius 2 is 1.87 bits per heavy atom. The highest BCUT2D eigenvalue weighted by atomic mass is 19.1. The van der Waals surface area contributed by atoms with E-state index >= 15 is 0 Å². The zero-order chi connectivity index (χ0) is 16.4. The molecule has 0 aliphatic carbocycles. The Kier molecular flexibility index (Phi) is 4.18. The first kappa shape index (κ1) is 15.7. The Hall–Kier alpha value is -2.19. The molecule has 1 aliphatic heterocycles. The molecule has 2 heterocycles. The Morgan fingerprint density at radius 3 is 2.48 bits per heavy atom. The van der Waals surface area contributed by atoms with E-state index in [1.165, 1.54) is 26.4 Å². The molecule has 0 radical (unpaired) electrons. The molecule has 0 amide bonds. The van der Waals surface area contributed by atoms with E-state index < -0.39 is 11.4 Å². The number of ether oxygens (including phenoxy) is 4. The number of aromatic nitrogens is 2. The third kappa shape index (κ3) is 2.64. The van der Waals surface area contributed by atoms with Gasteiger partial charge in [-0.1, -0.05) is 0 Å². The molecule has 23 heavy (non-hydrogen) atoms. The molecule has 1 aromatic heterocycles. The van der Waals surface area contributed by atoms with E-state index in [-0.39, 0.29) is 23.1 Å². The molecule has 8 heteroatoms. The highest BCUT2D eigenvalue weighted by Crippen LogP contribution is 2.37. The number of hydrogen-bond donors (Lipinski definition) is 0. The van der Waals surface area contributed by atoms with Gasteiger partial charge >= 0.3 is 0 Å². The van der Waals surface area contributed by atoms with Gasteiger partial charge in [0.15, 0.2) is 17.1 Å². The summed E-state index contributed by atoms with van der Waals surface area (Å²) in [4.78, 5) is 0. The predicted octanol–water partition coefficient (Wildman–Crippen LogP) is 2.15. The fourth-order valence-electron chi connectivity index (χ4n) is 2.50. The van der Waals surface area contributed by atoms with Crippen LogP contribution in [-0.4, -0.2) is 44.7 Å². The Morgan fingerprint density at radius 1 is 1.13 bits per heavy atom. The van der Waals surface area contributed by atoms with Crippen LogP contribution in [0.1, 0.15) is 12.3 Å². The van der Waals surface area contributed by atoms with E-state index in [4.69, 9.17) is 23.4 Å². The number of halogens is 1. The van der Waals surface area contributed by atoms with Gasteiger partial charge in [0, 0.05) is 19.6 Å². The Balaban J connectivity index is 2.00. The summed E-state index contributed by atoms with van der Waals surface area (Å²) in [5.41, 5.74) is -0.648. The molecule has 1 saturated heterocycles. The second kappa shape index (κ2) is 6.13. The normalized spacial score (nSPS) is 20.7. The van der Waals surface area contributed by atoms with Crippen molar-refractivity contribution < 1.29 is 27.8 Å². The lowest BCUT2D eigenvalue weighted by Gasteiger charge is -2.20. The standard InChI is InChI=1S/C15H17FN2O5/c1-19-11-6-9(10(16)7-12(11)20-2)13-17-18-14(23-13)15(21-3)4-5-22-8-15/h6-7H,4-5,8H2,1-3H3. The van der Waals surface area contributed by atoms with Crippen LogP contribution in [0.4, 0.5) is 4.39 Å². The van der Waals surface area contributed by atoms with Crippen molar-refractivity contribution in [2.75, 3.05) is 34.5 Å². The summed E-state index contributed by atoms with van der Waals surface area (Å²) in [7, 11) is 4.45. The second-order valence-electron chi connectivity index (χ2n) is 5.10. The van der Waals surface area contributed by atoms with Gasteiger partial charge in [-0.15, -0.1) is 10.2 Å². The van der Waals surface area contributed by atoms with Crippen LogP contribution < -0.4 is 9.47 Å². The van der Waals surface area contributed by atoms with Crippen LogP contribution in [0.25, 0.3) is 11.5 Å². The first-order valence-corrected chi connectivity index (χ1v) is 7.02. The topological polar surface area (TPSA) is 75.8 Å². The van der Waals surface area contributed by atoms with Crippen molar-refractivity contribution in [1.82, 2.24) is 10.2 Å². The maximum absolute atomic E-state index is 14.3. The molecule has 1 aromatic carbocycles. The summed E-state index contributed by atoms with van der Waals surface area (Å²) in [6.07, 6.45) is 0.597. The fraction of sp³-hybridized carbons (Fsp3) is 0.467. The van der Waals surface area contributed by atoms with Crippen molar-refractivity contribution >= 4 is 0 Å². The molecular weight excluding hydrogens is 307 g/mol. The van der Waals surface area contributed by atoms with E-state index in [9.17, 15) is 4.39 Å². The van der Waals surface area contributed by atoms with Crippen molar-refractivity contribution in [3.63, 3.8) is 0 Å².